The monoisotopic (exact) mass is 432 g/mol. The Morgan fingerprint density at radius 1 is 1.19 bits per heavy atom. The Balaban J connectivity index is 0.00000107. The number of nitrogens with one attached hydrogen (secondary N) is 3. The van der Waals surface area contributed by atoms with Gasteiger partial charge in [-0.05, 0) is 75.4 Å². The summed E-state index contributed by atoms with van der Waals surface area (Å²) in [5.41, 5.74) is 3.21. The molecule has 0 spiro atoms. The van der Waals surface area contributed by atoms with Gasteiger partial charge in [0.2, 0.25) is 17.7 Å². The van der Waals surface area contributed by atoms with Crippen LogP contribution in [0.25, 0.3) is 0 Å². The lowest BCUT2D eigenvalue weighted by Gasteiger charge is -2.31. The Bertz CT molecular complexity index is 790. The number of carboxylic acid groups (broad SMARTS) is 1. The predicted molar refractivity (Wildman–Crippen MR) is 117 cm³/mol. The van der Waals surface area contributed by atoms with E-state index in [4.69, 9.17) is 9.90 Å². The van der Waals surface area contributed by atoms with Gasteiger partial charge in [0.25, 0.3) is 6.47 Å². The molecule has 0 saturated carbocycles. The van der Waals surface area contributed by atoms with Crippen molar-refractivity contribution in [3.8, 4) is 0 Å². The van der Waals surface area contributed by atoms with Crippen molar-refractivity contribution in [3.05, 3.63) is 29.3 Å². The summed E-state index contributed by atoms with van der Waals surface area (Å²) in [6.07, 6.45) is 2.92. The number of benzene rings is 1. The molecule has 1 aromatic carbocycles. The molecule has 2 aliphatic heterocycles. The van der Waals surface area contributed by atoms with Gasteiger partial charge in [0, 0.05) is 18.7 Å². The molecule has 0 radical (unpaired) electrons. The van der Waals surface area contributed by atoms with Crippen molar-refractivity contribution in [2.45, 2.75) is 45.6 Å². The van der Waals surface area contributed by atoms with E-state index in [1.54, 1.807) is 0 Å². The van der Waals surface area contributed by atoms with Crippen molar-refractivity contribution in [3.63, 3.8) is 0 Å². The quantitative estimate of drug-likeness (QED) is 0.498. The Kier molecular flexibility index (Phi) is 9.45. The first-order chi connectivity index (χ1) is 14.8. The fourth-order valence-corrected chi connectivity index (χ4v) is 3.75. The second kappa shape index (κ2) is 12.0. The molecule has 2 saturated heterocycles. The molecule has 2 heterocycles. The number of amides is 3. The van der Waals surface area contributed by atoms with Gasteiger partial charge in [0.05, 0.1) is 6.54 Å². The third-order valence-electron chi connectivity index (χ3n) is 5.74. The van der Waals surface area contributed by atoms with Crippen molar-refractivity contribution < 1.29 is 24.3 Å². The van der Waals surface area contributed by atoms with Crippen molar-refractivity contribution in [1.29, 1.82) is 0 Å². The van der Waals surface area contributed by atoms with E-state index in [1.807, 2.05) is 25.1 Å². The Hall–Kier alpha value is -2.94. The molecule has 1 atom stereocenters. The van der Waals surface area contributed by atoms with Crippen LogP contribution in [-0.4, -0.2) is 66.4 Å². The standard InChI is InChI=1S/C21H30N4O3.CH2O2/c1-14-3-4-17(11-15(14)2)23-20(27)13-25-9-7-16(8-10-25)12-22-21(28)18-5-6-19(26)24-18;2-1-3/h3-4,11,16,18H,5-10,12-13H2,1-2H3,(H,22,28)(H,23,27)(H,24,26);1H,(H,2,3). The Labute approximate surface area is 182 Å². The van der Waals surface area contributed by atoms with E-state index < -0.39 is 0 Å². The molecule has 0 bridgehead atoms. The lowest BCUT2D eigenvalue weighted by molar-refractivity contribution is -0.126. The zero-order valence-electron chi connectivity index (χ0n) is 18.1. The number of likely N-dealkylation sites (tertiary alicyclic amines) is 1. The van der Waals surface area contributed by atoms with Gasteiger partial charge in [-0.15, -0.1) is 0 Å². The van der Waals surface area contributed by atoms with Gasteiger partial charge in [0.1, 0.15) is 6.04 Å². The Morgan fingerprint density at radius 2 is 1.87 bits per heavy atom. The number of hydrogen-bond acceptors (Lipinski definition) is 5. The van der Waals surface area contributed by atoms with Crippen LogP contribution in [0.1, 0.15) is 36.8 Å². The SMILES string of the molecule is Cc1ccc(NC(=O)CN2CCC(CNC(=O)C3CCC(=O)N3)CC2)cc1C.O=CO. The molecular formula is C22H32N4O5. The van der Waals surface area contributed by atoms with Crippen molar-refractivity contribution >= 4 is 29.9 Å². The minimum Gasteiger partial charge on any atom is -0.483 e. The van der Waals surface area contributed by atoms with Gasteiger partial charge < -0.3 is 21.1 Å². The summed E-state index contributed by atoms with van der Waals surface area (Å²) in [5.74, 6) is 0.292. The van der Waals surface area contributed by atoms with Crippen molar-refractivity contribution in [2.24, 2.45) is 5.92 Å². The van der Waals surface area contributed by atoms with Gasteiger partial charge >= 0.3 is 0 Å². The van der Waals surface area contributed by atoms with Gasteiger partial charge in [0.15, 0.2) is 0 Å². The maximum absolute atomic E-state index is 12.3. The van der Waals surface area contributed by atoms with Gasteiger partial charge in [-0.3, -0.25) is 24.1 Å². The molecule has 170 valence electrons. The fourth-order valence-electron chi connectivity index (χ4n) is 3.75. The third kappa shape index (κ3) is 8.01. The highest BCUT2D eigenvalue weighted by atomic mass is 16.3. The minimum atomic E-state index is -0.373. The molecule has 1 unspecified atom stereocenters. The normalized spacial score (nSPS) is 19.0. The molecular weight excluding hydrogens is 400 g/mol. The second-order valence-corrected chi connectivity index (χ2v) is 8.08. The van der Waals surface area contributed by atoms with Gasteiger partial charge in [-0.2, -0.15) is 0 Å². The summed E-state index contributed by atoms with van der Waals surface area (Å²) < 4.78 is 0. The molecule has 0 aliphatic carbocycles. The third-order valence-corrected chi connectivity index (χ3v) is 5.74. The average molecular weight is 433 g/mol. The Morgan fingerprint density at radius 3 is 2.45 bits per heavy atom. The maximum Gasteiger partial charge on any atom is 0.290 e. The molecule has 9 heteroatoms. The lowest BCUT2D eigenvalue weighted by atomic mass is 9.96. The van der Waals surface area contributed by atoms with Crippen LogP contribution in [-0.2, 0) is 19.2 Å². The maximum atomic E-state index is 12.3. The summed E-state index contributed by atoms with van der Waals surface area (Å²) in [6.45, 7) is 6.56. The zero-order chi connectivity index (χ0) is 22.8. The summed E-state index contributed by atoms with van der Waals surface area (Å²) in [6, 6.07) is 5.57. The number of piperidine rings is 1. The van der Waals surface area contributed by atoms with Crippen molar-refractivity contribution in [2.75, 3.05) is 31.5 Å². The minimum absolute atomic E-state index is 0.00646. The van der Waals surface area contributed by atoms with Crippen LogP contribution in [0.5, 0.6) is 0 Å². The molecule has 0 aromatic heterocycles. The summed E-state index contributed by atoms with van der Waals surface area (Å²) in [4.78, 5) is 46.1. The van der Waals surface area contributed by atoms with Crippen LogP contribution in [0.2, 0.25) is 0 Å². The lowest BCUT2D eigenvalue weighted by Crippen LogP contribution is -2.45. The number of rotatable bonds is 6. The van der Waals surface area contributed by atoms with Crippen LogP contribution >= 0.6 is 0 Å². The molecule has 2 fully saturated rings. The molecule has 3 amide bonds. The fraction of sp³-hybridized carbons (Fsp3) is 0.545. The molecule has 1 aromatic rings. The number of anilines is 1. The topological polar surface area (TPSA) is 128 Å². The van der Waals surface area contributed by atoms with E-state index in [-0.39, 0.29) is 30.2 Å². The number of carbonyl (C=O) groups excluding carboxylic acids is 3. The molecule has 3 rings (SSSR count). The van der Waals surface area contributed by atoms with Crippen LogP contribution in [0, 0.1) is 19.8 Å². The number of nitrogens with zero attached hydrogens (tertiary/aromatic N) is 1. The van der Waals surface area contributed by atoms with Crippen molar-refractivity contribution in [1.82, 2.24) is 15.5 Å². The number of carbonyl (C=O) groups is 4. The molecule has 2 aliphatic rings. The van der Waals surface area contributed by atoms with E-state index in [9.17, 15) is 14.4 Å². The van der Waals surface area contributed by atoms with E-state index >= 15 is 0 Å². The van der Waals surface area contributed by atoms with Crippen LogP contribution in [0.3, 0.4) is 0 Å². The molecule has 4 N–H and O–H groups in total. The molecule has 31 heavy (non-hydrogen) atoms. The highest BCUT2D eigenvalue weighted by Crippen LogP contribution is 2.18. The van der Waals surface area contributed by atoms with E-state index in [1.165, 1.54) is 5.56 Å². The average Bonchev–Trinajstić information content (AvgIpc) is 3.17. The summed E-state index contributed by atoms with van der Waals surface area (Å²) in [5, 5.41) is 15.5. The highest BCUT2D eigenvalue weighted by molar-refractivity contribution is 5.92. The smallest absolute Gasteiger partial charge is 0.290 e. The van der Waals surface area contributed by atoms with Gasteiger partial charge in [-0.1, -0.05) is 6.07 Å². The predicted octanol–water partition coefficient (Wildman–Crippen LogP) is 1.05. The van der Waals surface area contributed by atoms with E-state index in [0.29, 0.717) is 31.8 Å². The molecule has 9 nitrogen and oxygen atoms in total. The van der Waals surface area contributed by atoms with Crippen LogP contribution < -0.4 is 16.0 Å². The van der Waals surface area contributed by atoms with Crippen LogP contribution in [0.4, 0.5) is 5.69 Å². The summed E-state index contributed by atoms with van der Waals surface area (Å²) >= 11 is 0. The first kappa shape index (κ1) is 24.3. The van der Waals surface area contributed by atoms with E-state index in [2.05, 4.69) is 27.8 Å². The first-order valence-electron chi connectivity index (χ1n) is 10.6. The largest absolute Gasteiger partial charge is 0.483 e. The van der Waals surface area contributed by atoms with Crippen LogP contribution in [0.15, 0.2) is 18.2 Å². The second-order valence-electron chi connectivity index (χ2n) is 8.08. The summed E-state index contributed by atoms with van der Waals surface area (Å²) in [7, 11) is 0. The highest BCUT2D eigenvalue weighted by Gasteiger charge is 2.28. The first-order valence-corrected chi connectivity index (χ1v) is 10.6. The number of hydrogen-bond donors (Lipinski definition) is 4. The van der Waals surface area contributed by atoms with Gasteiger partial charge in [-0.25, -0.2) is 0 Å². The van der Waals surface area contributed by atoms with E-state index in [0.717, 1.165) is 37.2 Å². The number of aryl methyl sites for hydroxylation is 2. The zero-order valence-corrected chi connectivity index (χ0v) is 18.1.